The summed E-state index contributed by atoms with van der Waals surface area (Å²) in [5, 5.41) is 9.25. The minimum atomic E-state index is -0.405. The third-order valence-electron chi connectivity index (χ3n) is 5.10. The number of rotatable bonds is 5. The number of carbonyl (C=O) groups excluding carboxylic acids is 1. The summed E-state index contributed by atoms with van der Waals surface area (Å²) in [6.45, 7) is 7.91. The molecule has 9 nitrogen and oxygen atoms in total. The predicted octanol–water partition coefficient (Wildman–Crippen LogP) is 3.05. The Labute approximate surface area is 186 Å². The first-order valence-corrected chi connectivity index (χ1v) is 10.1. The number of methoxy groups -OCH3 is 1. The van der Waals surface area contributed by atoms with Gasteiger partial charge in [0.1, 0.15) is 11.0 Å². The SMILES string of the molecule is CC(C)(CO)n1cnc2cccnc21.COC(=O)/C=C/C(C)(C)n1cnc2cccnc21. The van der Waals surface area contributed by atoms with E-state index in [0.29, 0.717) is 0 Å². The highest BCUT2D eigenvalue weighted by Crippen LogP contribution is 2.22. The molecule has 0 saturated carbocycles. The summed E-state index contributed by atoms with van der Waals surface area (Å²) >= 11 is 0. The Morgan fingerprint density at radius 3 is 2.03 bits per heavy atom. The van der Waals surface area contributed by atoms with Crippen LogP contribution in [0.15, 0.2) is 61.5 Å². The van der Waals surface area contributed by atoms with E-state index in [0.717, 1.165) is 22.3 Å². The van der Waals surface area contributed by atoms with Crippen LogP contribution in [0.4, 0.5) is 0 Å². The lowest BCUT2D eigenvalue weighted by Gasteiger charge is -2.23. The van der Waals surface area contributed by atoms with E-state index in [-0.39, 0.29) is 18.1 Å². The molecule has 4 aromatic rings. The Balaban J connectivity index is 0.000000186. The number of hydrogen-bond acceptors (Lipinski definition) is 7. The molecule has 0 aromatic carbocycles. The summed E-state index contributed by atoms with van der Waals surface area (Å²) in [5.41, 5.74) is 2.52. The second-order valence-corrected chi connectivity index (χ2v) is 8.40. The van der Waals surface area contributed by atoms with E-state index < -0.39 is 5.54 Å². The molecular formula is C23H28N6O3. The maximum absolute atomic E-state index is 11.1. The van der Waals surface area contributed by atoms with Crippen LogP contribution < -0.4 is 0 Å². The van der Waals surface area contributed by atoms with Gasteiger partial charge in [-0.1, -0.05) is 6.08 Å². The van der Waals surface area contributed by atoms with Crippen LogP contribution in [0.1, 0.15) is 27.7 Å². The number of aliphatic hydroxyl groups is 1. The maximum atomic E-state index is 11.1. The van der Waals surface area contributed by atoms with Crippen LogP contribution in [0, 0.1) is 0 Å². The van der Waals surface area contributed by atoms with Gasteiger partial charge in [-0.15, -0.1) is 0 Å². The average molecular weight is 437 g/mol. The molecule has 168 valence electrons. The first-order chi connectivity index (χ1) is 15.2. The lowest BCUT2D eigenvalue weighted by Crippen LogP contribution is -2.29. The van der Waals surface area contributed by atoms with Crippen LogP contribution in [0.25, 0.3) is 22.3 Å². The van der Waals surface area contributed by atoms with Crippen molar-refractivity contribution in [3.05, 3.63) is 61.5 Å². The maximum Gasteiger partial charge on any atom is 0.330 e. The zero-order chi connectivity index (χ0) is 23.4. The Kier molecular flexibility index (Phi) is 6.69. The smallest absolute Gasteiger partial charge is 0.330 e. The van der Waals surface area contributed by atoms with Crippen molar-refractivity contribution in [1.29, 1.82) is 0 Å². The van der Waals surface area contributed by atoms with Gasteiger partial charge in [0, 0.05) is 18.5 Å². The summed E-state index contributed by atoms with van der Waals surface area (Å²) in [6.07, 6.45) is 10.1. The molecule has 0 aliphatic rings. The highest BCUT2D eigenvalue weighted by molar-refractivity contribution is 5.82. The van der Waals surface area contributed by atoms with E-state index in [1.807, 2.05) is 61.1 Å². The van der Waals surface area contributed by atoms with Crippen molar-refractivity contribution in [2.24, 2.45) is 0 Å². The number of allylic oxidation sites excluding steroid dienone is 1. The van der Waals surface area contributed by atoms with Gasteiger partial charge in [0.25, 0.3) is 0 Å². The van der Waals surface area contributed by atoms with Gasteiger partial charge in [0.2, 0.25) is 0 Å². The van der Waals surface area contributed by atoms with Gasteiger partial charge in [0.05, 0.1) is 37.4 Å². The van der Waals surface area contributed by atoms with E-state index in [9.17, 15) is 9.90 Å². The van der Waals surface area contributed by atoms with E-state index >= 15 is 0 Å². The fraction of sp³-hybridized carbons (Fsp3) is 0.348. The normalized spacial score (nSPS) is 12.2. The first kappa shape index (κ1) is 23.1. The number of nitrogens with zero attached hydrogens (tertiary/aromatic N) is 6. The van der Waals surface area contributed by atoms with Gasteiger partial charge in [-0.05, 0) is 52.0 Å². The fourth-order valence-electron chi connectivity index (χ4n) is 3.06. The highest BCUT2D eigenvalue weighted by Gasteiger charge is 2.21. The first-order valence-electron chi connectivity index (χ1n) is 10.1. The van der Waals surface area contributed by atoms with Crippen LogP contribution >= 0.6 is 0 Å². The van der Waals surface area contributed by atoms with Gasteiger partial charge >= 0.3 is 5.97 Å². The van der Waals surface area contributed by atoms with Gasteiger partial charge in [-0.3, -0.25) is 0 Å². The second-order valence-electron chi connectivity index (χ2n) is 8.40. The fourth-order valence-corrected chi connectivity index (χ4v) is 3.06. The summed E-state index contributed by atoms with van der Waals surface area (Å²) in [4.78, 5) is 28.2. The van der Waals surface area contributed by atoms with Crippen molar-refractivity contribution in [1.82, 2.24) is 29.1 Å². The number of imidazole rings is 2. The number of hydrogen-bond donors (Lipinski definition) is 1. The van der Waals surface area contributed by atoms with Crippen molar-refractivity contribution >= 4 is 28.3 Å². The third kappa shape index (κ3) is 4.83. The van der Waals surface area contributed by atoms with Gasteiger partial charge < -0.3 is 19.0 Å². The zero-order valence-corrected chi connectivity index (χ0v) is 18.9. The number of ether oxygens (including phenoxy) is 1. The van der Waals surface area contributed by atoms with E-state index in [2.05, 4.69) is 24.7 Å². The number of esters is 1. The van der Waals surface area contributed by atoms with Crippen molar-refractivity contribution in [2.75, 3.05) is 13.7 Å². The molecule has 0 fully saturated rings. The monoisotopic (exact) mass is 436 g/mol. The van der Waals surface area contributed by atoms with Crippen LogP contribution in [0.3, 0.4) is 0 Å². The van der Waals surface area contributed by atoms with Crippen molar-refractivity contribution in [2.45, 2.75) is 38.8 Å². The number of aromatic nitrogens is 6. The minimum absolute atomic E-state index is 0.0645. The molecule has 0 aliphatic carbocycles. The Bertz CT molecular complexity index is 1240. The standard InChI is InChI=1S/C13H15N3O2.C10H13N3O/c1-13(2,7-6-11(17)18-3)16-9-15-10-5-4-8-14-12(10)16;1-10(2,6-14)13-7-12-8-4-3-5-11-9(8)13/h4-9H,1-3H3;3-5,7,14H,6H2,1-2H3/b7-6+;. The van der Waals surface area contributed by atoms with Crippen molar-refractivity contribution in [3.63, 3.8) is 0 Å². The highest BCUT2D eigenvalue weighted by atomic mass is 16.5. The molecule has 0 saturated heterocycles. The van der Waals surface area contributed by atoms with Gasteiger partial charge in [0.15, 0.2) is 11.3 Å². The van der Waals surface area contributed by atoms with Crippen LogP contribution in [0.5, 0.6) is 0 Å². The number of pyridine rings is 2. The average Bonchev–Trinajstić information content (AvgIpc) is 3.43. The summed E-state index contributed by atoms with van der Waals surface area (Å²) in [6, 6.07) is 7.51. The van der Waals surface area contributed by atoms with E-state index in [1.54, 1.807) is 31.1 Å². The lowest BCUT2D eigenvalue weighted by molar-refractivity contribution is -0.134. The Morgan fingerprint density at radius 2 is 1.50 bits per heavy atom. The lowest BCUT2D eigenvalue weighted by atomic mass is 10.0. The third-order valence-corrected chi connectivity index (χ3v) is 5.10. The topological polar surface area (TPSA) is 108 Å². The molecular weight excluding hydrogens is 408 g/mol. The molecule has 4 heterocycles. The molecule has 0 aliphatic heterocycles. The molecule has 0 amide bonds. The van der Waals surface area contributed by atoms with Crippen LogP contribution in [-0.4, -0.2) is 53.9 Å². The predicted molar refractivity (Wildman–Crippen MR) is 122 cm³/mol. The van der Waals surface area contributed by atoms with Gasteiger partial charge in [-0.2, -0.15) is 0 Å². The largest absolute Gasteiger partial charge is 0.466 e. The molecule has 4 rings (SSSR count). The molecule has 1 N–H and O–H groups in total. The number of aliphatic hydroxyl groups excluding tert-OH is 1. The minimum Gasteiger partial charge on any atom is -0.466 e. The Morgan fingerprint density at radius 1 is 0.969 bits per heavy atom. The van der Waals surface area contributed by atoms with Gasteiger partial charge in [-0.25, -0.2) is 24.7 Å². The molecule has 0 spiro atoms. The molecule has 4 aromatic heterocycles. The van der Waals surface area contributed by atoms with Crippen molar-refractivity contribution < 1.29 is 14.6 Å². The van der Waals surface area contributed by atoms with Crippen molar-refractivity contribution in [3.8, 4) is 0 Å². The molecule has 0 unspecified atom stereocenters. The molecule has 0 radical (unpaired) electrons. The summed E-state index contributed by atoms with van der Waals surface area (Å²) in [5.74, 6) is -0.375. The second kappa shape index (κ2) is 9.27. The van der Waals surface area contributed by atoms with Crippen LogP contribution in [0.2, 0.25) is 0 Å². The molecule has 32 heavy (non-hydrogen) atoms. The van der Waals surface area contributed by atoms with Crippen LogP contribution in [-0.2, 0) is 20.6 Å². The quantitative estimate of drug-likeness (QED) is 0.378. The number of fused-ring (bicyclic) bond motifs is 2. The van der Waals surface area contributed by atoms with E-state index in [4.69, 9.17) is 0 Å². The molecule has 9 heteroatoms. The number of carbonyl (C=O) groups is 1. The summed E-state index contributed by atoms with van der Waals surface area (Å²) < 4.78 is 8.39. The Hall–Kier alpha value is -3.59. The summed E-state index contributed by atoms with van der Waals surface area (Å²) in [7, 11) is 1.36. The zero-order valence-electron chi connectivity index (χ0n) is 18.9. The molecule has 0 atom stereocenters. The van der Waals surface area contributed by atoms with E-state index in [1.165, 1.54) is 13.2 Å². The molecule has 0 bridgehead atoms.